The number of piperidine rings is 1. The third-order valence-electron chi connectivity index (χ3n) is 8.85. The third kappa shape index (κ3) is 8.39. The van der Waals surface area contributed by atoms with Crippen LogP contribution in [-0.2, 0) is 19.1 Å². The lowest BCUT2D eigenvalue weighted by molar-refractivity contribution is -0.136. The molecule has 2 N–H and O–H groups in total. The van der Waals surface area contributed by atoms with Gasteiger partial charge in [-0.15, -0.1) is 0 Å². The molecule has 11 heteroatoms. The Morgan fingerprint density at radius 2 is 1.27 bits per heavy atom. The molecule has 268 valence electrons. The number of nitrogens with zero attached hydrogens (tertiary/aromatic N) is 1. The number of phenolic OH excluding ortho intramolecular Hbond substituents is 1. The van der Waals surface area contributed by atoms with Gasteiger partial charge in [-0.3, -0.25) is 29.4 Å². The van der Waals surface area contributed by atoms with E-state index in [1.54, 1.807) is 18.2 Å². The minimum absolute atomic E-state index is 0.0603. The molecule has 1 saturated heterocycles. The molecular weight excluding hydrogens is 664 g/mol. The highest BCUT2D eigenvalue weighted by molar-refractivity contribution is 6.23. The maximum Gasteiger partial charge on any atom is 0.262 e. The van der Waals surface area contributed by atoms with Gasteiger partial charge in [-0.1, -0.05) is 61.5 Å². The monoisotopic (exact) mass is 704 g/mol. The Labute approximate surface area is 301 Å². The Kier molecular flexibility index (Phi) is 11.7. The Bertz CT molecular complexity index is 1940. The number of amides is 4. The quantitative estimate of drug-likeness (QED) is 0.0860. The lowest BCUT2D eigenvalue weighted by atomic mass is 9.88. The number of phenols is 1. The van der Waals surface area contributed by atoms with E-state index in [1.807, 2.05) is 54.6 Å². The predicted octanol–water partition coefficient (Wildman–Crippen LogP) is 5.65. The summed E-state index contributed by atoms with van der Waals surface area (Å²) >= 11 is 0. The van der Waals surface area contributed by atoms with Crippen molar-refractivity contribution in [3.63, 3.8) is 0 Å². The largest absolute Gasteiger partial charge is 0.508 e. The molecule has 1 unspecified atom stereocenters. The van der Waals surface area contributed by atoms with E-state index in [4.69, 9.17) is 18.9 Å². The lowest BCUT2D eigenvalue weighted by Crippen LogP contribution is -2.54. The average Bonchev–Trinajstić information content (AvgIpc) is 3.40. The van der Waals surface area contributed by atoms with Crippen molar-refractivity contribution in [2.75, 3.05) is 39.6 Å². The zero-order valence-electron chi connectivity index (χ0n) is 28.8. The molecule has 52 heavy (non-hydrogen) atoms. The number of hydrogen-bond donors (Lipinski definition) is 2. The number of carbonyl (C=O) groups is 4. The van der Waals surface area contributed by atoms with Gasteiger partial charge < -0.3 is 24.1 Å². The van der Waals surface area contributed by atoms with E-state index in [-0.39, 0.29) is 42.9 Å². The summed E-state index contributed by atoms with van der Waals surface area (Å²) in [6.07, 6.45) is 0.992. The van der Waals surface area contributed by atoms with Gasteiger partial charge in [0.05, 0.1) is 37.6 Å². The number of rotatable bonds is 16. The van der Waals surface area contributed by atoms with Crippen molar-refractivity contribution in [2.24, 2.45) is 0 Å². The number of carbonyl (C=O) groups excluding carboxylic acids is 4. The van der Waals surface area contributed by atoms with Gasteiger partial charge in [-0.2, -0.15) is 0 Å². The molecule has 0 saturated carbocycles. The van der Waals surface area contributed by atoms with Crippen molar-refractivity contribution in [1.82, 2.24) is 10.2 Å². The van der Waals surface area contributed by atoms with E-state index in [1.165, 1.54) is 17.7 Å². The summed E-state index contributed by atoms with van der Waals surface area (Å²) < 4.78 is 22.9. The van der Waals surface area contributed by atoms with E-state index in [0.717, 1.165) is 39.3 Å². The number of hydrogen-bond acceptors (Lipinski definition) is 9. The van der Waals surface area contributed by atoms with Crippen LogP contribution in [0, 0.1) is 0 Å². The predicted molar refractivity (Wildman–Crippen MR) is 193 cm³/mol. The first-order valence-corrected chi connectivity index (χ1v) is 17.3. The average molecular weight is 705 g/mol. The minimum Gasteiger partial charge on any atom is -0.508 e. The van der Waals surface area contributed by atoms with Crippen LogP contribution in [0.4, 0.5) is 0 Å². The SMILES string of the molecule is CC/C(=C(\c1ccc(O)cc1)c1ccc(OCCOCCOCCOc2ccc3c(c2)C(=O)N(C2CCC(=O)NC2=O)C3=O)cc1)c1ccccc1. The fourth-order valence-electron chi connectivity index (χ4n) is 6.32. The minimum atomic E-state index is -1.02. The van der Waals surface area contributed by atoms with Crippen LogP contribution in [0.25, 0.3) is 11.1 Å². The van der Waals surface area contributed by atoms with Gasteiger partial charge >= 0.3 is 0 Å². The molecular formula is C41H40N2O9. The molecule has 2 aliphatic heterocycles. The number of fused-ring (bicyclic) bond motifs is 1. The maximum absolute atomic E-state index is 13.0. The van der Waals surface area contributed by atoms with Crippen LogP contribution in [-0.4, -0.2) is 79.3 Å². The van der Waals surface area contributed by atoms with Crippen molar-refractivity contribution in [3.8, 4) is 17.2 Å². The number of aromatic hydroxyl groups is 1. The molecule has 1 fully saturated rings. The first-order valence-electron chi connectivity index (χ1n) is 17.3. The fourth-order valence-corrected chi connectivity index (χ4v) is 6.32. The van der Waals surface area contributed by atoms with Crippen LogP contribution in [0.3, 0.4) is 0 Å². The van der Waals surface area contributed by atoms with Crippen molar-refractivity contribution >= 4 is 34.8 Å². The van der Waals surface area contributed by atoms with Crippen molar-refractivity contribution in [2.45, 2.75) is 32.2 Å². The van der Waals surface area contributed by atoms with Crippen LogP contribution in [0.2, 0.25) is 0 Å². The molecule has 1 atom stereocenters. The van der Waals surface area contributed by atoms with Crippen LogP contribution < -0.4 is 14.8 Å². The highest BCUT2D eigenvalue weighted by Crippen LogP contribution is 2.36. The molecule has 0 radical (unpaired) electrons. The summed E-state index contributed by atoms with van der Waals surface area (Å²) in [5.74, 6) is -0.881. The number of allylic oxidation sites excluding steroid dienone is 1. The van der Waals surface area contributed by atoms with E-state index in [0.29, 0.717) is 32.2 Å². The van der Waals surface area contributed by atoms with Gasteiger partial charge in [-0.25, -0.2) is 0 Å². The van der Waals surface area contributed by atoms with Gasteiger partial charge in [0.15, 0.2) is 0 Å². The third-order valence-corrected chi connectivity index (χ3v) is 8.85. The first-order chi connectivity index (χ1) is 25.3. The Hall–Kier alpha value is -5.78. The summed E-state index contributed by atoms with van der Waals surface area (Å²) in [6.45, 7) is 4.11. The lowest BCUT2D eigenvalue weighted by Gasteiger charge is -2.27. The molecule has 2 heterocycles. The molecule has 2 aliphatic rings. The molecule has 0 spiro atoms. The molecule has 11 nitrogen and oxygen atoms in total. The summed E-state index contributed by atoms with van der Waals surface area (Å²) in [5.41, 5.74) is 5.88. The summed E-state index contributed by atoms with van der Waals surface area (Å²) in [6, 6.07) is 29.1. The second-order valence-electron chi connectivity index (χ2n) is 12.2. The normalized spacial score (nSPS) is 16.0. The van der Waals surface area contributed by atoms with Gasteiger partial charge in [0.2, 0.25) is 11.8 Å². The van der Waals surface area contributed by atoms with E-state index in [9.17, 15) is 24.3 Å². The standard InChI is InChI=1S/C41H40N2O9/c1-2-33(27-6-4-3-5-7-27)38(28-8-12-30(44)13-9-28)29-10-14-31(15-11-29)51-24-22-49-20-21-50-23-25-52-32-16-17-34-35(26-32)41(48)43(40(34)47)36-18-19-37(45)42-39(36)46/h3-17,26,36,44H,2,18-25H2,1H3,(H,42,45,46)/b38-33-. The van der Waals surface area contributed by atoms with Gasteiger partial charge in [0, 0.05) is 6.42 Å². The Morgan fingerprint density at radius 3 is 1.90 bits per heavy atom. The topological polar surface area (TPSA) is 141 Å². The second-order valence-corrected chi connectivity index (χ2v) is 12.2. The molecule has 6 rings (SSSR count). The smallest absolute Gasteiger partial charge is 0.262 e. The number of imide groups is 2. The highest BCUT2D eigenvalue weighted by Gasteiger charge is 2.44. The van der Waals surface area contributed by atoms with Crippen molar-refractivity contribution in [1.29, 1.82) is 0 Å². The van der Waals surface area contributed by atoms with Crippen LogP contribution >= 0.6 is 0 Å². The van der Waals surface area contributed by atoms with Crippen molar-refractivity contribution in [3.05, 3.63) is 125 Å². The van der Waals surface area contributed by atoms with Crippen LogP contribution in [0.5, 0.6) is 17.2 Å². The van der Waals surface area contributed by atoms with Gasteiger partial charge in [-0.05, 0) is 83.1 Å². The van der Waals surface area contributed by atoms with Crippen LogP contribution in [0.15, 0.2) is 97.1 Å². The zero-order chi connectivity index (χ0) is 36.5. The zero-order valence-corrected chi connectivity index (χ0v) is 28.8. The number of nitrogens with one attached hydrogen (secondary N) is 1. The maximum atomic E-state index is 13.0. The first kappa shape index (κ1) is 36.0. The number of ether oxygens (including phenoxy) is 4. The Balaban J connectivity index is 0.910. The van der Waals surface area contributed by atoms with Gasteiger partial charge in [0.1, 0.15) is 36.5 Å². The molecule has 4 aromatic rings. The highest BCUT2D eigenvalue weighted by atomic mass is 16.6. The van der Waals surface area contributed by atoms with Gasteiger partial charge in [0.25, 0.3) is 11.8 Å². The molecule has 4 aromatic carbocycles. The molecule has 0 aliphatic carbocycles. The second kappa shape index (κ2) is 17.0. The van der Waals surface area contributed by atoms with Crippen LogP contribution in [0.1, 0.15) is 63.6 Å². The van der Waals surface area contributed by atoms with Crippen molar-refractivity contribution < 1.29 is 43.2 Å². The Morgan fingerprint density at radius 1 is 0.692 bits per heavy atom. The summed E-state index contributed by atoms with van der Waals surface area (Å²) in [5, 5.41) is 12.1. The molecule has 4 amide bonds. The fraction of sp³-hybridized carbons (Fsp3) is 0.268. The molecule has 0 bridgehead atoms. The number of benzene rings is 4. The summed E-state index contributed by atoms with van der Waals surface area (Å²) in [4.78, 5) is 50.5. The van der Waals surface area contributed by atoms with E-state index in [2.05, 4.69) is 24.4 Å². The van der Waals surface area contributed by atoms with E-state index < -0.39 is 29.7 Å². The summed E-state index contributed by atoms with van der Waals surface area (Å²) in [7, 11) is 0. The van der Waals surface area contributed by atoms with E-state index >= 15 is 0 Å². The molecule has 0 aromatic heterocycles.